The van der Waals surface area contributed by atoms with Gasteiger partial charge in [0.25, 0.3) is 0 Å². The van der Waals surface area contributed by atoms with E-state index < -0.39 is 11.7 Å². The molecule has 1 N–H and O–H groups in total. The third-order valence-electron chi connectivity index (χ3n) is 5.12. The molecule has 0 bridgehead atoms. The summed E-state index contributed by atoms with van der Waals surface area (Å²) in [6.45, 7) is -0.0216. The standard InChI is InChI=1S/C24H20F3N3O4S/c1-32-19-10-18-17(9-20(19)33-8-4-7-31)29-14-30(18)23-11-21(22(12-28)35-23)34-13-15-5-2-3-6-16(15)24(25,26)27/h2-3,5-6,9-11,14,31H,4,7-8,13H2,1H3. The second kappa shape index (κ2) is 10.2. The molecule has 4 rings (SSSR count). The summed E-state index contributed by atoms with van der Waals surface area (Å²) >= 11 is 1.13. The normalized spacial score (nSPS) is 11.4. The maximum Gasteiger partial charge on any atom is 0.416 e. The first-order chi connectivity index (χ1) is 16.9. The lowest BCUT2D eigenvalue weighted by molar-refractivity contribution is -0.138. The number of fused-ring (bicyclic) bond motifs is 1. The van der Waals surface area contributed by atoms with Crippen molar-refractivity contribution in [2.24, 2.45) is 0 Å². The first kappa shape index (κ1) is 24.4. The van der Waals surface area contributed by atoms with E-state index in [-0.39, 0.29) is 29.4 Å². The highest BCUT2D eigenvalue weighted by Crippen LogP contribution is 2.38. The first-order valence-corrected chi connectivity index (χ1v) is 11.3. The molecule has 0 spiro atoms. The monoisotopic (exact) mass is 503 g/mol. The number of hydrogen-bond donors (Lipinski definition) is 1. The molecule has 2 heterocycles. The zero-order valence-corrected chi connectivity index (χ0v) is 19.3. The van der Waals surface area contributed by atoms with Gasteiger partial charge in [-0.1, -0.05) is 18.2 Å². The number of nitriles is 1. The molecule has 182 valence electrons. The number of alkyl halides is 3. The van der Waals surface area contributed by atoms with Gasteiger partial charge in [-0.15, -0.1) is 11.3 Å². The van der Waals surface area contributed by atoms with Crippen LogP contribution in [0.4, 0.5) is 13.2 Å². The highest BCUT2D eigenvalue weighted by molar-refractivity contribution is 7.15. The number of rotatable bonds is 9. The molecule has 0 saturated heterocycles. The lowest BCUT2D eigenvalue weighted by atomic mass is 10.1. The van der Waals surface area contributed by atoms with E-state index in [0.29, 0.717) is 40.6 Å². The van der Waals surface area contributed by atoms with Gasteiger partial charge < -0.3 is 19.3 Å². The Kier molecular flexibility index (Phi) is 7.14. The summed E-state index contributed by atoms with van der Waals surface area (Å²) in [6.07, 6.45) is -2.47. The van der Waals surface area contributed by atoms with Crippen molar-refractivity contribution in [3.05, 3.63) is 64.8 Å². The Morgan fingerprint density at radius 3 is 2.63 bits per heavy atom. The number of aliphatic hydroxyl groups excluding tert-OH is 1. The molecule has 2 aromatic carbocycles. The van der Waals surface area contributed by atoms with Gasteiger partial charge in [-0.05, 0) is 6.07 Å². The molecule has 7 nitrogen and oxygen atoms in total. The van der Waals surface area contributed by atoms with Crippen molar-refractivity contribution in [2.75, 3.05) is 20.3 Å². The van der Waals surface area contributed by atoms with Gasteiger partial charge >= 0.3 is 6.18 Å². The zero-order chi connectivity index (χ0) is 25.0. The van der Waals surface area contributed by atoms with Crippen molar-refractivity contribution in [3.63, 3.8) is 0 Å². The maximum absolute atomic E-state index is 13.3. The quantitative estimate of drug-likeness (QED) is 0.311. The molecule has 2 aromatic heterocycles. The van der Waals surface area contributed by atoms with Crippen molar-refractivity contribution >= 4 is 22.4 Å². The van der Waals surface area contributed by atoms with Gasteiger partial charge in [0.15, 0.2) is 17.2 Å². The predicted molar refractivity (Wildman–Crippen MR) is 123 cm³/mol. The number of thiophene rings is 1. The summed E-state index contributed by atoms with van der Waals surface area (Å²) in [5.74, 6) is 1.13. The minimum atomic E-state index is -4.51. The lowest BCUT2D eigenvalue weighted by Gasteiger charge is -2.13. The van der Waals surface area contributed by atoms with Crippen molar-refractivity contribution in [2.45, 2.75) is 19.2 Å². The van der Waals surface area contributed by atoms with Crippen LogP contribution in [0.25, 0.3) is 16.0 Å². The van der Waals surface area contributed by atoms with Crippen LogP contribution in [0.2, 0.25) is 0 Å². The fourth-order valence-electron chi connectivity index (χ4n) is 3.46. The van der Waals surface area contributed by atoms with E-state index in [2.05, 4.69) is 4.98 Å². The fraction of sp³-hybridized carbons (Fsp3) is 0.250. The molecule has 35 heavy (non-hydrogen) atoms. The van der Waals surface area contributed by atoms with Gasteiger partial charge in [0, 0.05) is 36.8 Å². The Hall–Kier alpha value is -3.75. The smallest absolute Gasteiger partial charge is 0.416 e. The molecule has 0 aliphatic carbocycles. The summed E-state index contributed by atoms with van der Waals surface area (Å²) < 4.78 is 58.3. The minimum Gasteiger partial charge on any atom is -0.493 e. The molecule has 0 aliphatic rings. The Morgan fingerprint density at radius 2 is 1.91 bits per heavy atom. The molecule has 0 fully saturated rings. The number of hydrogen-bond acceptors (Lipinski definition) is 7. The number of methoxy groups -OCH3 is 1. The third kappa shape index (κ3) is 5.18. The first-order valence-electron chi connectivity index (χ1n) is 10.5. The van der Waals surface area contributed by atoms with Gasteiger partial charge in [0.1, 0.15) is 28.9 Å². The van der Waals surface area contributed by atoms with Crippen LogP contribution in [0.3, 0.4) is 0 Å². The maximum atomic E-state index is 13.3. The van der Waals surface area contributed by atoms with Gasteiger partial charge in [0.05, 0.1) is 30.3 Å². The van der Waals surface area contributed by atoms with Crippen LogP contribution >= 0.6 is 11.3 Å². The van der Waals surface area contributed by atoms with Crippen molar-refractivity contribution in [1.82, 2.24) is 9.55 Å². The van der Waals surface area contributed by atoms with Crippen molar-refractivity contribution in [3.8, 4) is 28.3 Å². The number of aliphatic hydroxyl groups is 1. The molecule has 0 atom stereocenters. The summed E-state index contributed by atoms with van der Waals surface area (Å²) in [5.41, 5.74) is 0.483. The van der Waals surface area contributed by atoms with E-state index in [1.54, 1.807) is 29.1 Å². The third-order valence-corrected chi connectivity index (χ3v) is 6.14. The van der Waals surface area contributed by atoms with E-state index in [9.17, 15) is 18.4 Å². The van der Waals surface area contributed by atoms with E-state index in [1.165, 1.54) is 25.3 Å². The summed E-state index contributed by atoms with van der Waals surface area (Å²) in [5, 5.41) is 19.1. The van der Waals surface area contributed by atoms with E-state index in [1.807, 2.05) is 6.07 Å². The molecule has 0 saturated carbocycles. The van der Waals surface area contributed by atoms with Crippen LogP contribution in [0, 0.1) is 11.3 Å². The van der Waals surface area contributed by atoms with Gasteiger partial charge in [0.2, 0.25) is 0 Å². The lowest BCUT2D eigenvalue weighted by Crippen LogP contribution is -2.10. The van der Waals surface area contributed by atoms with E-state index in [4.69, 9.17) is 19.3 Å². The molecule has 0 radical (unpaired) electrons. The topological polar surface area (TPSA) is 89.5 Å². The number of imidazole rings is 1. The number of nitrogens with zero attached hydrogens (tertiary/aromatic N) is 3. The average Bonchev–Trinajstić information content (AvgIpc) is 3.45. The Bertz CT molecular complexity index is 1370. The Labute approximate surface area is 202 Å². The molecule has 0 amide bonds. The fourth-order valence-corrected chi connectivity index (χ4v) is 4.34. The Morgan fingerprint density at radius 1 is 1.11 bits per heavy atom. The molecular weight excluding hydrogens is 483 g/mol. The summed E-state index contributed by atoms with van der Waals surface area (Å²) in [7, 11) is 1.50. The largest absolute Gasteiger partial charge is 0.493 e. The molecule has 0 aliphatic heterocycles. The van der Waals surface area contributed by atoms with Gasteiger partial charge in [-0.25, -0.2) is 4.98 Å². The second-order valence-electron chi connectivity index (χ2n) is 7.37. The highest BCUT2D eigenvalue weighted by Gasteiger charge is 2.33. The predicted octanol–water partition coefficient (Wildman–Crippen LogP) is 5.33. The minimum absolute atomic E-state index is 0.00495. The van der Waals surface area contributed by atoms with Crippen LogP contribution in [0.1, 0.15) is 22.4 Å². The summed E-state index contributed by atoms with van der Waals surface area (Å²) in [4.78, 5) is 4.62. The SMILES string of the molecule is COc1cc2c(cc1OCCCO)ncn2-c1cc(OCc2ccccc2C(F)(F)F)c(C#N)s1. The molecular formula is C24H20F3N3O4S. The number of benzene rings is 2. The van der Waals surface area contributed by atoms with Gasteiger partial charge in [-0.3, -0.25) is 4.57 Å². The van der Waals surface area contributed by atoms with Crippen LogP contribution in [-0.4, -0.2) is 35.0 Å². The van der Waals surface area contributed by atoms with E-state index >= 15 is 0 Å². The van der Waals surface area contributed by atoms with Crippen LogP contribution < -0.4 is 14.2 Å². The van der Waals surface area contributed by atoms with Crippen molar-refractivity contribution in [1.29, 1.82) is 5.26 Å². The van der Waals surface area contributed by atoms with Crippen molar-refractivity contribution < 1.29 is 32.5 Å². The van der Waals surface area contributed by atoms with E-state index in [0.717, 1.165) is 17.4 Å². The number of halogens is 3. The van der Waals surface area contributed by atoms with Gasteiger partial charge in [-0.2, -0.15) is 18.4 Å². The highest BCUT2D eigenvalue weighted by atomic mass is 32.1. The second-order valence-corrected chi connectivity index (χ2v) is 8.40. The van der Waals surface area contributed by atoms with Crippen LogP contribution in [-0.2, 0) is 12.8 Å². The summed E-state index contributed by atoms with van der Waals surface area (Å²) in [6, 6.07) is 12.3. The van der Waals surface area contributed by atoms with Crippen LogP contribution in [0.15, 0.2) is 48.8 Å². The van der Waals surface area contributed by atoms with Crippen LogP contribution in [0.5, 0.6) is 17.2 Å². The average molecular weight is 504 g/mol. The molecule has 0 unspecified atom stereocenters. The number of ether oxygens (including phenoxy) is 3. The zero-order valence-electron chi connectivity index (χ0n) is 18.5. The molecule has 4 aromatic rings. The molecule has 11 heteroatoms. The number of aromatic nitrogens is 2. The Balaban J connectivity index is 1.63.